The molecule has 3 fully saturated rings. The number of amides is 3. The van der Waals surface area contributed by atoms with Crippen molar-refractivity contribution in [3.63, 3.8) is 0 Å². The van der Waals surface area contributed by atoms with E-state index < -0.39 is 0 Å². The Hall–Kier alpha value is -3.54. The molecule has 1 unspecified atom stereocenters. The third kappa shape index (κ3) is 5.22. The van der Waals surface area contributed by atoms with Crippen molar-refractivity contribution in [2.24, 2.45) is 5.92 Å². The zero-order chi connectivity index (χ0) is 27.1. The van der Waals surface area contributed by atoms with Gasteiger partial charge in [-0.05, 0) is 52.5 Å². The number of piperazine rings is 1. The normalized spacial score (nSPS) is 25.1. The minimum atomic E-state index is -0.151. The minimum absolute atomic E-state index is 0.0182. The second-order valence-electron chi connectivity index (χ2n) is 10.9. The molecule has 3 aliphatic rings. The summed E-state index contributed by atoms with van der Waals surface area (Å²) in [5.41, 5.74) is 0.860. The lowest BCUT2D eigenvalue weighted by Gasteiger charge is -2.44. The van der Waals surface area contributed by atoms with Crippen LogP contribution in [0.4, 0.5) is 16.7 Å². The summed E-state index contributed by atoms with van der Waals surface area (Å²) in [7, 11) is 1.82. The minimum Gasteiger partial charge on any atom is -0.346 e. The number of rotatable bonds is 8. The molecular formula is C26H38N10O2. The molecule has 204 valence electrons. The van der Waals surface area contributed by atoms with Crippen LogP contribution in [0.25, 0.3) is 0 Å². The summed E-state index contributed by atoms with van der Waals surface area (Å²) < 4.78 is 2.06. The molecule has 0 aromatic carbocycles. The zero-order valence-electron chi connectivity index (χ0n) is 22.9. The van der Waals surface area contributed by atoms with Gasteiger partial charge in [-0.1, -0.05) is 6.58 Å². The summed E-state index contributed by atoms with van der Waals surface area (Å²) in [5.74, 6) is 1.88. The Balaban J connectivity index is 1.24. The van der Waals surface area contributed by atoms with Crippen molar-refractivity contribution in [3.05, 3.63) is 36.7 Å². The number of anilines is 2. The highest BCUT2D eigenvalue weighted by Gasteiger charge is 2.46. The van der Waals surface area contributed by atoms with Crippen LogP contribution in [-0.4, -0.2) is 95.9 Å². The molecular weight excluding hydrogens is 484 g/mol. The van der Waals surface area contributed by atoms with Crippen molar-refractivity contribution in [1.82, 2.24) is 39.2 Å². The summed E-state index contributed by atoms with van der Waals surface area (Å²) in [6.45, 7) is 14.6. The van der Waals surface area contributed by atoms with Gasteiger partial charge in [-0.15, -0.1) is 0 Å². The number of nitrogens with one attached hydrogen (secondary N) is 1. The molecule has 2 saturated heterocycles. The third-order valence-electron chi connectivity index (χ3n) is 7.67. The number of carbonyl (C=O) groups is 2. The van der Waals surface area contributed by atoms with Gasteiger partial charge in [-0.2, -0.15) is 15.0 Å². The molecule has 1 N–H and O–H groups in total. The summed E-state index contributed by atoms with van der Waals surface area (Å²) in [5, 5.41) is 3.35. The van der Waals surface area contributed by atoms with E-state index in [1.54, 1.807) is 9.80 Å². The predicted octanol–water partition coefficient (Wildman–Crippen LogP) is 2.26. The van der Waals surface area contributed by atoms with Crippen LogP contribution in [-0.2, 0) is 11.5 Å². The molecule has 0 radical (unpaired) electrons. The van der Waals surface area contributed by atoms with Crippen molar-refractivity contribution in [1.29, 1.82) is 0 Å². The Labute approximate surface area is 223 Å². The van der Waals surface area contributed by atoms with Gasteiger partial charge in [0.25, 0.3) is 0 Å². The molecule has 38 heavy (non-hydrogen) atoms. The van der Waals surface area contributed by atoms with E-state index in [4.69, 9.17) is 0 Å². The molecule has 2 aromatic rings. The van der Waals surface area contributed by atoms with Crippen molar-refractivity contribution in [2.75, 3.05) is 36.9 Å². The maximum atomic E-state index is 12.9. The number of aromatic nitrogens is 5. The van der Waals surface area contributed by atoms with E-state index in [-0.39, 0.29) is 36.1 Å². The Morgan fingerprint density at radius 2 is 1.89 bits per heavy atom. The fourth-order valence-electron chi connectivity index (χ4n) is 5.75. The van der Waals surface area contributed by atoms with Crippen LogP contribution in [0.3, 0.4) is 0 Å². The Morgan fingerprint density at radius 1 is 1.18 bits per heavy atom. The lowest BCUT2D eigenvalue weighted by molar-refractivity contribution is -0.134. The van der Waals surface area contributed by atoms with E-state index in [9.17, 15) is 9.59 Å². The number of nitrogens with zero attached hydrogens (tertiary/aromatic N) is 9. The summed E-state index contributed by atoms with van der Waals surface area (Å²) in [6.07, 6.45) is 7.51. The second-order valence-corrected chi connectivity index (χ2v) is 10.9. The van der Waals surface area contributed by atoms with Crippen LogP contribution < -0.4 is 10.2 Å². The lowest BCUT2D eigenvalue weighted by atomic mass is 10.1. The monoisotopic (exact) mass is 522 g/mol. The first-order valence-electron chi connectivity index (χ1n) is 13.4. The molecule has 0 bridgehead atoms. The van der Waals surface area contributed by atoms with E-state index in [1.165, 1.54) is 6.08 Å². The number of urea groups is 1. The van der Waals surface area contributed by atoms with Crippen molar-refractivity contribution >= 4 is 23.8 Å². The van der Waals surface area contributed by atoms with Crippen molar-refractivity contribution in [2.45, 2.75) is 71.4 Å². The van der Waals surface area contributed by atoms with Crippen LogP contribution in [0.5, 0.6) is 0 Å². The van der Waals surface area contributed by atoms with Gasteiger partial charge < -0.3 is 19.7 Å². The van der Waals surface area contributed by atoms with Crippen molar-refractivity contribution in [3.8, 4) is 0 Å². The predicted molar refractivity (Wildman–Crippen MR) is 143 cm³/mol. The van der Waals surface area contributed by atoms with Crippen LogP contribution in [0.15, 0.2) is 25.2 Å². The van der Waals surface area contributed by atoms with Gasteiger partial charge >= 0.3 is 6.03 Å². The first-order chi connectivity index (χ1) is 18.1. The van der Waals surface area contributed by atoms with Crippen LogP contribution in [0, 0.1) is 12.8 Å². The first kappa shape index (κ1) is 26.1. The smallest absolute Gasteiger partial charge is 0.327 e. The molecule has 1 saturated carbocycles. The SMILES string of the molecule is C=CC(=O)N1[C@H](C)CN(Cn2cnc([C@H](C)Nc3nc(C)nc(N4C(=O)N(C)CC4C4CC4)n3)c2)C[C@@H]1C. The second kappa shape index (κ2) is 10.3. The molecule has 12 heteroatoms. The largest absolute Gasteiger partial charge is 0.346 e. The van der Waals surface area contributed by atoms with Crippen LogP contribution in [0.2, 0.25) is 0 Å². The fraction of sp³-hybridized carbons (Fsp3) is 0.615. The topological polar surface area (TPSA) is 116 Å². The molecule has 4 heterocycles. The van der Waals surface area contributed by atoms with Gasteiger partial charge in [0.05, 0.1) is 30.8 Å². The Kier molecular flexibility index (Phi) is 7.08. The van der Waals surface area contributed by atoms with E-state index in [0.29, 0.717) is 36.9 Å². The van der Waals surface area contributed by atoms with Crippen LogP contribution >= 0.6 is 0 Å². The lowest BCUT2D eigenvalue weighted by Crippen LogP contribution is -2.58. The summed E-state index contributed by atoms with van der Waals surface area (Å²) in [4.78, 5) is 51.0. The standard InChI is InChI=1S/C26H38N10O2/c1-7-23(37)35-16(2)10-33(11-17(35)3)15-34-12-21(27-14-34)18(4)28-24-29-19(5)30-25(31-24)36-22(20-8-9-20)13-32(6)26(36)38/h7,12,14,16-18,20,22H,1,8-11,13,15H2,2-6H3,(H,28,29,30,31)/t16-,17+,18-,22?/m0/s1. The van der Waals surface area contributed by atoms with Gasteiger partial charge in [0, 0.05) is 45.0 Å². The molecule has 12 nitrogen and oxygen atoms in total. The highest BCUT2D eigenvalue weighted by atomic mass is 16.2. The quantitative estimate of drug-likeness (QED) is 0.525. The van der Waals surface area contributed by atoms with Gasteiger partial charge in [-0.3, -0.25) is 14.6 Å². The number of hydrogen-bond acceptors (Lipinski definition) is 8. The van der Waals surface area contributed by atoms with E-state index >= 15 is 0 Å². The van der Waals surface area contributed by atoms with Gasteiger partial charge in [0.1, 0.15) is 5.82 Å². The molecule has 2 aliphatic heterocycles. The Bertz CT molecular complexity index is 1200. The molecule has 2 aromatic heterocycles. The number of imidazole rings is 1. The molecule has 5 rings (SSSR count). The van der Waals surface area contributed by atoms with E-state index in [0.717, 1.165) is 31.6 Å². The Morgan fingerprint density at radius 3 is 2.55 bits per heavy atom. The maximum Gasteiger partial charge on any atom is 0.327 e. The van der Waals surface area contributed by atoms with Gasteiger partial charge in [0.15, 0.2) is 0 Å². The summed E-state index contributed by atoms with van der Waals surface area (Å²) in [6, 6.07) is 0.106. The molecule has 1 aliphatic carbocycles. The van der Waals surface area contributed by atoms with Gasteiger partial charge in [0.2, 0.25) is 17.8 Å². The van der Waals surface area contributed by atoms with Gasteiger partial charge in [-0.25, -0.2) is 9.78 Å². The number of aryl methyl sites for hydroxylation is 1. The highest BCUT2D eigenvalue weighted by Crippen LogP contribution is 2.39. The molecule has 0 spiro atoms. The van der Waals surface area contributed by atoms with E-state index in [1.807, 2.05) is 38.3 Å². The summed E-state index contributed by atoms with van der Waals surface area (Å²) >= 11 is 0. The first-order valence-corrected chi connectivity index (χ1v) is 13.4. The fourth-order valence-corrected chi connectivity index (χ4v) is 5.75. The molecule has 3 amide bonds. The van der Waals surface area contributed by atoms with Crippen molar-refractivity contribution < 1.29 is 9.59 Å². The average Bonchev–Trinajstić information content (AvgIpc) is 3.52. The average molecular weight is 523 g/mol. The molecule has 4 atom stereocenters. The zero-order valence-corrected chi connectivity index (χ0v) is 22.9. The van der Waals surface area contributed by atoms with Crippen LogP contribution in [0.1, 0.15) is 51.2 Å². The maximum absolute atomic E-state index is 12.9. The highest BCUT2D eigenvalue weighted by molar-refractivity contribution is 5.93. The third-order valence-corrected chi connectivity index (χ3v) is 7.67. The number of carbonyl (C=O) groups excluding carboxylic acids is 2. The number of likely N-dealkylation sites (N-methyl/N-ethyl adjacent to an activating group) is 1. The number of hydrogen-bond donors (Lipinski definition) is 1. The van der Waals surface area contributed by atoms with E-state index in [2.05, 4.69) is 55.1 Å².